The van der Waals surface area contributed by atoms with Gasteiger partial charge in [0, 0.05) is 24.0 Å². The lowest BCUT2D eigenvalue weighted by Crippen LogP contribution is -2.14. The molecule has 1 aromatic heterocycles. The second-order valence-electron chi connectivity index (χ2n) is 5.87. The van der Waals surface area contributed by atoms with Crippen molar-refractivity contribution in [3.63, 3.8) is 0 Å². The summed E-state index contributed by atoms with van der Waals surface area (Å²) in [4.78, 5) is 4.39. The summed E-state index contributed by atoms with van der Waals surface area (Å²) in [5.74, 6) is 1.17. The molecule has 4 heteroatoms. The number of aryl methyl sites for hydroxylation is 1. The van der Waals surface area contributed by atoms with E-state index in [4.69, 9.17) is 10.5 Å². The Labute approximate surface area is 147 Å². The molecule has 0 amide bonds. The highest BCUT2D eigenvalue weighted by atomic mass is 32.1. The van der Waals surface area contributed by atoms with Crippen LogP contribution in [0.3, 0.4) is 0 Å². The molecular formula is C20H22N2OS. The van der Waals surface area contributed by atoms with E-state index in [9.17, 15) is 0 Å². The number of nitrogens with two attached hydrogens (primary N) is 1. The van der Waals surface area contributed by atoms with E-state index in [2.05, 4.69) is 36.2 Å². The van der Waals surface area contributed by atoms with Gasteiger partial charge in [0.25, 0.3) is 0 Å². The predicted molar refractivity (Wildman–Crippen MR) is 99.6 cm³/mol. The number of benzene rings is 2. The van der Waals surface area contributed by atoms with Crippen LogP contribution < -0.4 is 10.5 Å². The lowest BCUT2D eigenvalue weighted by Gasteiger charge is -2.13. The lowest BCUT2D eigenvalue weighted by atomic mass is 10.00. The third kappa shape index (κ3) is 4.22. The average molecular weight is 338 g/mol. The van der Waals surface area contributed by atoms with E-state index >= 15 is 0 Å². The highest BCUT2D eigenvalue weighted by Gasteiger charge is 2.13. The number of aromatic nitrogens is 1. The van der Waals surface area contributed by atoms with E-state index in [0.29, 0.717) is 13.2 Å². The highest BCUT2D eigenvalue weighted by molar-refractivity contribution is 7.09. The summed E-state index contributed by atoms with van der Waals surface area (Å²) >= 11 is 1.67. The minimum Gasteiger partial charge on any atom is -0.489 e. The van der Waals surface area contributed by atoms with Crippen LogP contribution in [0.15, 0.2) is 60.1 Å². The summed E-state index contributed by atoms with van der Waals surface area (Å²) in [6.07, 6.45) is 2.74. The van der Waals surface area contributed by atoms with E-state index in [-0.39, 0.29) is 5.92 Å². The van der Waals surface area contributed by atoms with Gasteiger partial charge in [-0.1, -0.05) is 36.4 Å². The molecule has 24 heavy (non-hydrogen) atoms. The summed E-state index contributed by atoms with van der Waals surface area (Å²) in [6, 6.07) is 16.6. The Morgan fingerprint density at radius 1 is 1.12 bits per heavy atom. The van der Waals surface area contributed by atoms with Crippen LogP contribution >= 0.6 is 11.3 Å². The van der Waals surface area contributed by atoms with Crippen molar-refractivity contribution in [1.29, 1.82) is 0 Å². The van der Waals surface area contributed by atoms with Crippen LogP contribution in [0.5, 0.6) is 5.75 Å². The number of rotatable bonds is 7. The van der Waals surface area contributed by atoms with Gasteiger partial charge in [0.15, 0.2) is 0 Å². The zero-order valence-corrected chi connectivity index (χ0v) is 14.6. The molecular weight excluding hydrogens is 316 g/mol. The molecule has 2 N–H and O–H groups in total. The first-order chi connectivity index (χ1) is 11.8. The predicted octanol–water partition coefficient (Wildman–Crippen LogP) is 4.32. The van der Waals surface area contributed by atoms with Crippen LogP contribution in [0.4, 0.5) is 0 Å². The minimum absolute atomic E-state index is 0.281. The van der Waals surface area contributed by atoms with Gasteiger partial charge < -0.3 is 10.5 Å². The van der Waals surface area contributed by atoms with E-state index in [1.165, 1.54) is 16.7 Å². The average Bonchev–Trinajstić information content (AvgIpc) is 3.14. The van der Waals surface area contributed by atoms with Crippen LogP contribution in [-0.4, -0.2) is 11.5 Å². The fraction of sp³-hybridized carbons (Fsp3) is 0.250. The molecule has 0 aliphatic carbocycles. The van der Waals surface area contributed by atoms with E-state index < -0.39 is 0 Å². The van der Waals surface area contributed by atoms with Crippen molar-refractivity contribution < 1.29 is 4.74 Å². The zero-order valence-electron chi connectivity index (χ0n) is 13.8. The molecule has 0 spiro atoms. The molecule has 0 bridgehead atoms. The first-order valence-electron chi connectivity index (χ1n) is 8.12. The van der Waals surface area contributed by atoms with Gasteiger partial charge in [-0.25, -0.2) is 4.98 Å². The Bertz CT molecular complexity index is 754. The van der Waals surface area contributed by atoms with Crippen molar-refractivity contribution in [2.45, 2.75) is 25.9 Å². The van der Waals surface area contributed by atoms with Gasteiger partial charge in [-0.15, -0.1) is 11.3 Å². The van der Waals surface area contributed by atoms with E-state index in [1.54, 1.807) is 11.3 Å². The fourth-order valence-electron chi connectivity index (χ4n) is 2.65. The van der Waals surface area contributed by atoms with Crippen LogP contribution in [0.25, 0.3) is 0 Å². The second-order valence-corrected chi connectivity index (χ2v) is 6.79. The molecule has 3 rings (SSSR count). The number of ether oxygens (including phenoxy) is 1. The summed E-state index contributed by atoms with van der Waals surface area (Å²) in [5, 5.41) is 3.11. The van der Waals surface area contributed by atoms with Crippen LogP contribution in [-0.2, 0) is 13.0 Å². The molecule has 0 saturated heterocycles. The van der Waals surface area contributed by atoms with Crippen LogP contribution in [0.1, 0.15) is 27.6 Å². The summed E-state index contributed by atoms with van der Waals surface area (Å²) in [7, 11) is 0. The molecule has 1 unspecified atom stereocenters. The summed E-state index contributed by atoms with van der Waals surface area (Å²) in [5.41, 5.74) is 9.63. The van der Waals surface area contributed by atoms with Crippen LogP contribution in [0, 0.1) is 6.92 Å². The summed E-state index contributed by atoms with van der Waals surface area (Å²) in [6.45, 7) is 3.31. The molecule has 0 saturated carbocycles. The quantitative estimate of drug-likeness (QED) is 0.698. The van der Waals surface area contributed by atoms with Crippen LogP contribution in [0.2, 0.25) is 0 Å². The van der Waals surface area contributed by atoms with Gasteiger partial charge in [0.1, 0.15) is 12.4 Å². The van der Waals surface area contributed by atoms with Crippen molar-refractivity contribution in [2.24, 2.45) is 5.73 Å². The maximum absolute atomic E-state index is 5.91. The SMILES string of the molecule is Cc1ccccc1COc1ccc(CC(CN)c2nccs2)cc1. The van der Waals surface area contributed by atoms with E-state index in [1.807, 2.05) is 35.8 Å². The minimum atomic E-state index is 0.281. The molecule has 0 radical (unpaired) electrons. The number of nitrogens with zero attached hydrogens (tertiary/aromatic N) is 1. The van der Waals surface area contributed by atoms with E-state index in [0.717, 1.165) is 17.2 Å². The molecule has 0 aliphatic rings. The van der Waals surface area contributed by atoms with Gasteiger partial charge in [0.2, 0.25) is 0 Å². The third-order valence-corrected chi connectivity index (χ3v) is 5.08. The first-order valence-corrected chi connectivity index (χ1v) is 9.00. The van der Waals surface area contributed by atoms with Gasteiger partial charge >= 0.3 is 0 Å². The summed E-state index contributed by atoms with van der Waals surface area (Å²) < 4.78 is 5.90. The van der Waals surface area contributed by atoms with Crippen molar-refractivity contribution in [3.8, 4) is 5.75 Å². The third-order valence-electron chi connectivity index (χ3n) is 4.15. The molecule has 3 nitrogen and oxygen atoms in total. The molecule has 1 atom stereocenters. The number of hydrogen-bond acceptors (Lipinski definition) is 4. The Morgan fingerprint density at radius 2 is 1.92 bits per heavy atom. The van der Waals surface area contributed by atoms with Gasteiger partial charge in [-0.05, 0) is 42.2 Å². The van der Waals surface area contributed by atoms with Crippen molar-refractivity contribution in [3.05, 3.63) is 81.8 Å². The zero-order chi connectivity index (χ0) is 16.8. The fourth-order valence-corrected chi connectivity index (χ4v) is 3.40. The maximum atomic E-state index is 5.91. The Hall–Kier alpha value is -2.17. The van der Waals surface area contributed by atoms with Gasteiger partial charge in [0.05, 0.1) is 5.01 Å². The highest BCUT2D eigenvalue weighted by Crippen LogP contribution is 2.23. The smallest absolute Gasteiger partial charge is 0.119 e. The molecule has 3 aromatic rings. The molecule has 124 valence electrons. The topological polar surface area (TPSA) is 48.1 Å². The normalized spacial score (nSPS) is 12.1. The standard InChI is InChI=1S/C20H22N2OS/c1-15-4-2-3-5-17(15)14-23-19-8-6-16(7-9-19)12-18(13-21)20-22-10-11-24-20/h2-11,18H,12-14,21H2,1H3. The molecule has 2 aromatic carbocycles. The molecule has 1 heterocycles. The van der Waals surface area contributed by atoms with Crippen molar-refractivity contribution >= 4 is 11.3 Å². The molecule has 0 fully saturated rings. The maximum Gasteiger partial charge on any atom is 0.119 e. The van der Waals surface area contributed by atoms with Gasteiger partial charge in [-0.2, -0.15) is 0 Å². The number of thiazole rings is 1. The first kappa shape index (κ1) is 16.7. The second kappa shape index (κ2) is 8.08. The Balaban J connectivity index is 1.60. The van der Waals surface area contributed by atoms with Crippen molar-refractivity contribution in [2.75, 3.05) is 6.54 Å². The monoisotopic (exact) mass is 338 g/mol. The molecule has 0 aliphatic heterocycles. The van der Waals surface area contributed by atoms with Gasteiger partial charge in [-0.3, -0.25) is 0 Å². The van der Waals surface area contributed by atoms with Crippen molar-refractivity contribution in [1.82, 2.24) is 4.98 Å². The number of hydrogen-bond donors (Lipinski definition) is 1. The largest absolute Gasteiger partial charge is 0.489 e. The Morgan fingerprint density at radius 3 is 2.58 bits per heavy atom. The Kier molecular flexibility index (Phi) is 5.62. The lowest BCUT2D eigenvalue weighted by molar-refractivity contribution is 0.305.